The van der Waals surface area contributed by atoms with E-state index in [1.54, 1.807) is 55.2 Å². The molecule has 0 amide bonds. The van der Waals surface area contributed by atoms with Crippen molar-refractivity contribution in [1.29, 1.82) is 0 Å². The van der Waals surface area contributed by atoms with Crippen LogP contribution in [0.15, 0.2) is 71.5 Å². The van der Waals surface area contributed by atoms with Crippen molar-refractivity contribution >= 4 is 34.1 Å². The average Bonchev–Trinajstić information content (AvgIpc) is 3.42. The van der Waals surface area contributed by atoms with Gasteiger partial charge in [-0.05, 0) is 30.2 Å². The Hall–Kier alpha value is -3.19. The molecule has 1 atom stereocenters. The van der Waals surface area contributed by atoms with Crippen LogP contribution in [0.25, 0.3) is 22.0 Å². The summed E-state index contributed by atoms with van der Waals surface area (Å²) in [6.45, 7) is 1.79. The topological polar surface area (TPSA) is 77.0 Å². The molecule has 0 saturated heterocycles. The van der Waals surface area contributed by atoms with Gasteiger partial charge in [0.2, 0.25) is 5.60 Å². The number of nitrogens with zero attached hydrogens (tertiary/aromatic N) is 4. The molecular weight excluding hydrogens is 447 g/mol. The van der Waals surface area contributed by atoms with E-state index in [1.165, 1.54) is 0 Å². The second-order valence-corrected chi connectivity index (χ2v) is 8.33. The van der Waals surface area contributed by atoms with Gasteiger partial charge in [0.15, 0.2) is 11.6 Å². The Morgan fingerprint density at radius 1 is 1.06 bits per heavy atom. The van der Waals surface area contributed by atoms with Crippen molar-refractivity contribution in [2.45, 2.75) is 12.5 Å². The third kappa shape index (κ3) is 3.19. The van der Waals surface area contributed by atoms with Crippen LogP contribution in [0.5, 0.6) is 0 Å². The maximum absolute atomic E-state index is 12.0. The highest BCUT2D eigenvalue weighted by Crippen LogP contribution is 2.42. The molecule has 0 saturated carbocycles. The van der Waals surface area contributed by atoms with Crippen molar-refractivity contribution in [3.63, 3.8) is 0 Å². The van der Waals surface area contributed by atoms with Gasteiger partial charge in [0.05, 0.1) is 16.2 Å². The molecule has 8 heteroatoms. The number of benzene rings is 2. The molecule has 0 aliphatic rings. The van der Waals surface area contributed by atoms with Crippen molar-refractivity contribution < 1.29 is 9.63 Å². The largest absolute Gasteiger partial charge is 0.371 e. The van der Waals surface area contributed by atoms with E-state index in [9.17, 15) is 5.11 Å². The third-order valence-corrected chi connectivity index (χ3v) is 6.15. The number of aromatic nitrogens is 4. The van der Waals surface area contributed by atoms with Gasteiger partial charge < -0.3 is 14.2 Å². The summed E-state index contributed by atoms with van der Waals surface area (Å²) >= 11 is 13.3. The highest BCUT2D eigenvalue weighted by Gasteiger charge is 2.42. The first-order chi connectivity index (χ1) is 15.4. The minimum absolute atomic E-state index is 0.255. The van der Waals surface area contributed by atoms with Crippen molar-refractivity contribution in [3.05, 3.63) is 100 Å². The van der Waals surface area contributed by atoms with Crippen LogP contribution in [0.2, 0.25) is 10.2 Å². The normalized spacial score (nSPS) is 13.4. The molecule has 1 unspecified atom stereocenters. The summed E-state index contributed by atoms with van der Waals surface area (Å²) < 4.78 is 7.23. The van der Waals surface area contributed by atoms with Crippen molar-refractivity contribution in [2.24, 2.45) is 7.05 Å². The van der Waals surface area contributed by atoms with Gasteiger partial charge in [-0.1, -0.05) is 64.8 Å². The van der Waals surface area contributed by atoms with E-state index in [1.807, 2.05) is 30.3 Å². The van der Waals surface area contributed by atoms with E-state index in [2.05, 4.69) is 15.1 Å². The number of fused-ring (bicyclic) bond motifs is 1. The van der Waals surface area contributed by atoms with Crippen LogP contribution >= 0.6 is 23.2 Å². The standard InChI is InChI=1S/C24H18Cl2N4O2/c1-14-12-19(32-29-14)24(31,23-27-10-11-30(23)2)16-8-9-18-17(13-16)21(25)20(22(26)28-18)15-6-4-3-5-7-15/h3-13,31H,1-2H3. The monoisotopic (exact) mass is 464 g/mol. The fourth-order valence-corrected chi connectivity index (χ4v) is 4.59. The molecule has 6 nitrogen and oxygen atoms in total. The second-order valence-electron chi connectivity index (χ2n) is 7.59. The van der Waals surface area contributed by atoms with Crippen LogP contribution in [-0.2, 0) is 12.6 Å². The van der Waals surface area contributed by atoms with Gasteiger partial charge in [-0.2, -0.15) is 0 Å². The molecule has 0 radical (unpaired) electrons. The van der Waals surface area contributed by atoms with Gasteiger partial charge in [0.25, 0.3) is 0 Å². The highest BCUT2D eigenvalue weighted by molar-refractivity contribution is 6.42. The molecule has 1 N–H and O–H groups in total. The molecule has 160 valence electrons. The lowest BCUT2D eigenvalue weighted by atomic mass is 9.88. The molecule has 0 aliphatic heterocycles. The van der Waals surface area contributed by atoms with E-state index in [0.717, 1.165) is 5.56 Å². The smallest absolute Gasteiger partial charge is 0.208 e. The summed E-state index contributed by atoms with van der Waals surface area (Å²) in [5.41, 5.74) is 1.57. The highest BCUT2D eigenvalue weighted by atomic mass is 35.5. The summed E-state index contributed by atoms with van der Waals surface area (Å²) in [6.07, 6.45) is 3.37. The first kappa shape index (κ1) is 20.7. The lowest BCUT2D eigenvalue weighted by Crippen LogP contribution is -2.31. The van der Waals surface area contributed by atoms with Gasteiger partial charge >= 0.3 is 0 Å². The maximum atomic E-state index is 12.0. The van der Waals surface area contributed by atoms with Gasteiger partial charge in [0, 0.05) is 36.5 Å². The molecule has 3 aromatic heterocycles. The summed E-state index contributed by atoms with van der Waals surface area (Å²) in [7, 11) is 1.80. The van der Waals surface area contributed by atoms with Crippen LogP contribution in [-0.4, -0.2) is 24.8 Å². The Kier molecular flexibility index (Phi) is 5.01. The Bertz CT molecular complexity index is 1450. The number of aliphatic hydroxyl groups is 1. The van der Waals surface area contributed by atoms with Gasteiger partial charge in [-0.25, -0.2) is 9.97 Å². The molecule has 0 aliphatic carbocycles. The van der Waals surface area contributed by atoms with Crippen LogP contribution in [0.1, 0.15) is 22.8 Å². The lowest BCUT2D eigenvalue weighted by Gasteiger charge is -2.26. The van der Waals surface area contributed by atoms with Crippen LogP contribution < -0.4 is 0 Å². The zero-order valence-electron chi connectivity index (χ0n) is 17.3. The van der Waals surface area contributed by atoms with E-state index < -0.39 is 5.60 Å². The number of hydrogen-bond acceptors (Lipinski definition) is 5. The van der Waals surface area contributed by atoms with Crippen molar-refractivity contribution in [3.8, 4) is 11.1 Å². The van der Waals surface area contributed by atoms with Crippen LogP contribution in [0.4, 0.5) is 0 Å². The summed E-state index contributed by atoms with van der Waals surface area (Å²) in [6, 6.07) is 16.6. The third-order valence-electron chi connectivity index (χ3n) is 5.49. The number of imidazole rings is 1. The molecule has 3 heterocycles. The molecule has 5 rings (SSSR count). The average molecular weight is 465 g/mol. The molecule has 2 aromatic carbocycles. The summed E-state index contributed by atoms with van der Waals surface area (Å²) in [5.74, 6) is 0.638. The predicted octanol–water partition coefficient (Wildman–Crippen LogP) is 5.52. The quantitative estimate of drug-likeness (QED) is 0.354. The van der Waals surface area contributed by atoms with Crippen molar-refractivity contribution in [1.82, 2.24) is 19.7 Å². The number of halogens is 2. The first-order valence-corrected chi connectivity index (χ1v) is 10.6. The molecule has 0 spiro atoms. The Labute approximate surface area is 194 Å². The fraction of sp³-hybridized carbons (Fsp3) is 0.125. The van der Waals surface area contributed by atoms with Gasteiger partial charge in [-0.3, -0.25) is 0 Å². The van der Waals surface area contributed by atoms with Gasteiger partial charge in [0.1, 0.15) is 5.15 Å². The van der Waals surface area contributed by atoms with Crippen molar-refractivity contribution in [2.75, 3.05) is 0 Å². The van der Waals surface area contributed by atoms with E-state index in [0.29, 0.717) is 43.7 Å². The van der Waals surface area contributed by atoms with E-state index in [4.69, 9.17) is 27.7 Å². The first-order valence-electron chi connectivity index (χ1n) is 9.88. The number of aryl methyl sites for hydroxylation is 2. The van der Waals surface area contributed by atoms with Gasteiger partial charge in [-0.15, -0.1) is 0 Å². The molecule has 0 fully saturated rings. The number of hydrogen-bond donors (Lipinski definition) is 1. The van der Waals surface area contributed by atoms with E-state index >= 15 is 0 Å². The SMILES string of the molecule is Cc1cc(C(O)(c2ccc3nc(Cl)c(-c4ccccc4)c(Cl)c3c2)c2nccn2C)on1. The predicted molar refractivity (Wildman–Crippen MR) is 124 cm³/mol. The minimum atomic E-state index is -1.69. The fourth-order valence-electron chi connectivity index (χ4n) is 3.90. The Morgan fingerprint density at radius 3 is 2.50 bits per heavy atom. The lowest BCUT2D eigenvalue weighted by molar-refractivity contribution is 0.0793. The summed E-state index contributed by atoms with van der Waals surface area (Å²) in [5, 5.41) is 17.4. The maximum Gasteiger partial charge on any atom is 0.208 e. The molecule has 5 aromatic rings. The molecule has 0 bridgehead atoms. The number of pyridine rings is 1. The molecule has 32 heavy (non-hydrogen) atoms. The number of rotatable bonds is 4. The van der Waals surface area contributed by atoms with Crippen LogP contribution in [0.3, 0.4) is 0 Å². The molecular formula is C24H18Cl2N4O2. The van der Waals surface area contributed by atoms with Crippen LogP contribution in [0, 0.1) is 6.92 Å². The zero-order valence-corrected chi connectivity index (χ0v) is 18.8. The van der Waals surface area contributed by atoms with E-state index in [-0.39, 0.29) is 5.76 Å². The second kappa shape index (κ2) is 7.74. The zero-order chi connectivity index (χ0) is 22.5. The Balaban J connectivity index is 1.78. The Morgan fingerprint density at radius 2 is 1.84 bits per heavy atom. The minimum Gasteiger partial charge on any atom is -0.371 e. The summed E-state index contributed by atoms with van der Waals surface area (Å²) in [4.78, 5) is 8.92.